The van der Waals surface area contributed by atoms with E-state index in [4.69, 9.17) is 9.84 Å². The summed E-state index contributed by atoms with van der Waals surface area (Å²) >= 11 is 0. The average Bonchev–Trinajstić information content (AvgIpc) is 3.25. The van der Waals surface area contributed by atoms with Crippen LogP contribution in [0.1, 0.15) is 35.2 Å². The molecule has 7 heteroatoms. The van der Waals surface area contributed by atoms with Gasteiger partial charge in [0.05, 0.1) is 29.9 Å². The Labute approximate surface area is 180 Å². The van der Waals surface area contributed by atoms with Gasteiger partial charge in [-0.3, -0.25) is 15.1 Å². The lowest BCUT2D eigenvalue weighted by molar-refractivity contribution is -0.384. The number of ether oxygens (including phenoxy) is 1. The average molecular weight is 412 g/mol. The molecule has 0 aromatic heterocycles. The van der Waals surface area contributed by atoms with Crippen LogP contribution < -0.4 is 4.74 Å². The molecule has 4 rings (SSSR count). The second-order valence-electron chi connectivity index (χ2n) is 7.17. The summed E-state index contributed by atoms with van der Waals surface area (Å²) in [6, 6.07) is 25.2. The van der Waals surface area contributed by atoms with Crippen molar-refractivity contribution in [3.63, 3.8) is 0 Å². The van der Waals surface area contributed by atoms with E-state index in [0.29, 0.717) is 12.0 Å². The molecule has 0 saturated carbocycles. The summed E-state index contributed by atoms with van der Waals surface area (Å²) in [6.45, 7) is 0. The highest BCUT2D eigenvalue weighted by atomic mass is 16.6. The maximum Gasteiger partial charge on any atom is 0.269 e. The van der Waals surface area contributed by atoms with Crippen LogP contribution in [0.5, 0.6) is 5.75 Å². The fourth-order valence-electron chi connectivity index (χ4n) is 3.73. The van der Waals surface area contributed by atoms with Gasteiger partial charge in [0.25, 0.3) is 5.69 Å². The first-order valence-electron chi connectivity index (χ1n) is 9.80. The normalized spacial score (nSPS) is 16.3. The molecule has 0 radical (unpaired) electrons. The van der Waals surface area contributed by atoms with Gasteiger partial charge in [0.1, 0.15) is 5.75 Å². The third-order valence-electron chi connectivity index (χ3n) is 5.36. The van der Waals surface area contributed by atoms with Gasteiger partial charge in [0, 0.05) is 18.6 Å². The lowest BCUT2D eigenvalue weighted by atomic mass is 9.97. The number of nitro benzene ring substituents is 1. The van der Waals surface area contributed by atoms with Crippen LogP contribution in [0, 0.1) is 21.4 Å². The van der Waals surface area contributed by atoms with Gasteiger partial charge in [0.2, 0.25) is 0 Å². The highest BCUT2D eigenvalue weighted by Crippen LogP contribution is 2.39. The summed E-state index contributed by atoms with van der Waals surface area (Å²) in [5.41, 5.74) is 3.54. The molecule has 31 heavy (non-hydrogen) atoms. The predicted octanol–water partition coefficient (Wildman–Crippen LogP) is 5.02. The van der Waals surface area contributed by atoms with Crippen molar-refractivity contribution in [3.05, 3.63) is 106 Å². The smallest absolute Gasteiger partial charge is 0.269 e. The summed E-state index contributed by atoms with van der Waals surface area (Å²) in [5, 5.41) is 27.6. The topological polar surface area (TPSA) is 91.8 Å². The molecule has 0 bridgehead atoms. The first-order valence-corrected chi connectivity index (χ1v) is 9.80. The highest BCUT2D eigenvalue weighted by molar-refractivity contribution is 6.02. The quantitative estimate of drug-likeness (QED) is 0.419. The zero-order valence-corrected chi connectivity index (χ0v) is 16.9. The minimum absolute atomic E-state index is 0.0103. The van der Waals surface area contributed by atoms with E-state index in [0.717, 1.165) is 22.6 Å². The fraction of sp³-hybridized carbons (Fsp3) is 0.167. The van der Waals surface area contributed by atoms with Crippen molar-refractivity contribution in [2.24, 2.45) is 5.10 Å². The predicted molar refractivity (Wildman–Crippen MR) is 117 cm³/mol. The standard InChI is InChI=1S/C24H20N4O3/c1-31-21-13-9-17(10-14-21)22-15-23(18-5-3-2-4-6-18)27(26-22)24(16-25)19-7-11-20(12-8-19)28(29)30/h2-14,23-24H,15H2,1H3/t23-,24-/m1/s1. The number of benzene rings is 3. The molecule has 1 aliphatic rings. The lowest BCUT2D eigenvalue weighted by Crippen LogP contribution is -2.24. The van der Waals surface area contributed by atoms with Gasteiger partial charge in [-0.25, -0.2) is 0 Å². The number of hydrogen-bond acceptors (Lipinski definition) is 6. The minimum Gasteiger partial charge on any atom is -0.497 e. The van der Waals surface area contributed by atoms with Crippen molar-refractivity contribution in [1.82, 2.24) is 5.01 Å². The number of nitro groups is 1. The van der Waals surface area contributed by atoms with E-state index >= 15 is 0 Å². The molecule has 1 aliphatic heterocycles. The lowest BCUT2D eigenvalue weighted by Gasteiger charge is -2.28. The van der Waals surface area contributed by atoms with Crippen LogP contribution in [-0.2, 0) is 0 Å². The molecule has 154 valence electrons. The Morgan fingerprint density at radius 1 is 1.10 bits per heavy atom. The molecule has 3 aromatic rings. The number of hydrogen-bond donors (Lipinski definition) is 0. The first kappa shape index (κ1) is 20.1. The Kier molecular flexibility index (Phi) is 5.63. The number of nitriles is 1. The van der Waals surface area contributed by atoms with Crippen molar-refractivity contribution in [1.29, 1.82) is 5.26 Å². The van der Waals surface area contributed by atoms with Crippen LogP contribution in [0.25, 0.3) is 0 Å². The first-order chi connectivity index (χ1) is 15.1. The van der Waals surface area contributed by atoms with E-state index in [1.54, 1.807) is 24.3 Å². The second kappa shape index (κ2) is 8.67. The zero-order chi connectivity index (χ0) is 21.8. The Balaban J connectivity index is 1.72. The Morgan fingerprint density at radius 3 is 2.35 bits per heavy atom. The summed E-state index contributed by atoms with van der Waals surface area (Å²) in [4.78, 5) is 10.5. The Bertz CT molecular complexity index is 1140. The third-order valence-corrected chi connectivity index (χ3v) is 5.36. The molecule has 0 spiro atoms. The van der Waals surface area contributed by atoms with Gasteiger partial charge in [-0.15, -0.1) is 0 Å². The van der Waals surface area contributed by atoms with Gasteiger partial charge in [-0.2, -0.15) is 10.4 Å². The van der Waals surface area contributed by atoms with E-state index in [9.17, 15) is 15.4 Å². The molecule has 0 aliphatic carbocycles. The van der Waals surface area contributed by atoms with Crippen molar-refractivity contribution in [3.8, 4) is 11.8 Å². The maximum atomic E-state index is 11.0. The SMILES string of the molecule is COc1ccc(C2=NN([C@H](C#N)c3ccc([N+](=O)[O-])cc3)[C@@H](c3ccccc3)C2)cc1. The molecule has 0 amide bonds. The number of methoxy groups -OCH3 is 1. The summed E-state index contributed by atoms with van der Waals surface area (Å²) < 4.78 is 5.24. The fourth-order valence-corrected chi connectivity index (χ4v) is 3.73. The molecule has 0 N–H and O–H groups in total. The van der Waals surface area contributed by atoms with E-state index in [2.05, 4.69) is 6.07 Å². The van der Waals surface area contributed by atoms with Gasteiger partial charge in [0.15, 0.2) is 6.04 Å². The highest BCUT2D eigenvalue weighted by Gasteiger charge is 2.34. The van der Waals surface area contributed by atoms with E-state index in [1.165, 1.54) is 12.1 Å². The van der Waals surface area contributed by atoms with Crippen molar-refractivity contribution in [2.75, 3.05) is 7.11 Å². The molecule has 0 saturated heterocycles. The van der Waals surface area contributed by atoms with Crippen molar-refractivity contribution >= 4 is 11.4 Å². The monoisotopic (exact) mass is 412 g/mol. The molecular formula is C24H20N4O3. The minimum atomic E-state index is -0.679. The number of nitrogens with zero attached hydrogens (tertiary/aromatic N) is 4. The van der Waals surface area contributed by atoms with E-state index < -0.39 is 11.0 Å². The van der Waals surface area contributed by atoms with Crippen LogP contribution in [-0.4, -0.2) is 22.8 Å². The van der Waals surface area contributed by atoms with Gasteiger partial charge in [-0.1, -0.05) is 30.3 Å². The molecule has 0 fully saturated rings. The summed E-state index contributed by atoms with van der Waals surface area (Å²) in [6.07, 6.45) is 0.640. The third kappa shape index (κ3) is 4.09. The van der Waals surface area contributed by atoms with Crippen LogP contribution in [0.15, 0.2) is 84.0 Å². The number of non-ortho nitro benzene ring substituents is 1. The second-order valence-corrected chi connectivity index (χ2v) is 7.17. The van der Waals surface area contributed by atoms with Gasteiger partial charge >= 0.3 is 0 Å². The van der Waals surface area contributed by atoms with Crippen LogP contribution in [0.2, 0.25) is 0 Å². The zero-order valence-electron chi connectivity index (χ0n) is 16.9. The summed E-state index contributed by atoms with van der Waals surface area (Å²) in [5.74, 6) is 0.764. The molecular weight excluding hydrogens is 392 g/mol. The Hall–Kier alpha value is -4.18. The van der Waals surface area contributed by atoms with Crippen molar-refractivity contribution in [2.45, 2.75) is 18.5 Å². The number of hydrazone groups is 1. The van der Waals surface area contributed by atoms with Crippen LogP contribution in [0.4, 0.5) is 5.69 Å². The largest absolute Gasteiger partial charge is 0.497 e. The molecule has 2 atom stereocenters. The summed E-state index contributed by atoms with van der Waals surface area (Å²) in [7, 11) is 1.62. The van der Waals surface area contributed by atoms with E-state index in [-0.39, 0.29) is 11.7 Å². The van der Waals surface area contributed by atoms with Gasteiger partial charge < -0.3 is 4.74 Å². The van der Waals surface area contributed by atoms with E-state index in [1.807, 2.05) is 54.6 Å². The molecule has 3 aromatic carbocycles. The maximum absolute atomic E-state index is 11.0. The molecule has 7 nitrogen and oxygen atoms in total. The van der Waals surface area contributed by atoms with Gasteiger partial charge in [-0.05, 0) is 53.1 Å². The van der Waals surface area contributed by atoms with Crippen LogP contribution >= 0.6 is 0 Å². The molecule has 0 unspecified atom stereocenters. The number of rotatable bonds is 6. The molecule has 1 heterocycles. The van der Waals surface area contributed by atoms with Crippen molar-refractivity contribution < 1.29 is 9.66 Å². The van der Waals surface area contributed by atoms with Crippen LogP contribution in [0.3, 0.4) is 0 Å². The Morgan fingerprint density at radius 2 is 1.77 bits per heavy atom.